The number of aromatic nitrogens is 3. The molecule has 3 rings (SSSR count). The summed E-state index contributed by atoms with van der Waals surface area (Å²) in [5.74, 6) is 1.21. The number of pyridine rings is 1. The lowest BCUT2D eigenvalue weighted by Gasteiger charge is -2.15. The van der Waals surface area contributed by atoms with Gasteiger partial charge in [-0.05, 0) is 31.9 Å². The van der Waals surface area contributed by atoms with Crippen molar-refractivity contribution in [3.63, 3.8) is 0 Å². The smallest absolute Gasteiger partial charge is 0.225 e. The van der Waals surface area contributed by atoms with E-state index in [1.54, 1.807) is 12.4 Å². The third kappa shape index (κ3) is 4.39. The molecule has 0 aliphatic carbocycles. The van der Waals surface area contributed by atoms with Crippen molar-refractivity contribution in [2.45, 2.75) is 31.9 Å². The van der Waals surface area contributed by atoms with Crippen LogP contribution in [0.1, 0.15) is 19.8 Å². The van der Waals surface area contributed by atoms with Crippen LogP contribution in [0.4, 0.5) is 11.8 Å². The third-order valence-corrected chi connectivity index (χ3v) is 3.87. The van der Waals surface area contributed by atoms with Crippen molar-refractivity contribution >= 4 is 11.8 Å². The van der Waals surface area contributed by atoms with Crippen molar-refractivity contribution in [1.29, 1.82) is 0 Å². The molecule has 2 aromatic heterocycles. The van der Waals surface area contributed by atoms with Gasteiger partial charge in [0.25, 0.3) is 0 Å². The molecule has 1 aliphatic rings. The molecule has 1 fully saturated rings. The first-order valence-corrected chi connectivity index (χ1v) is 8.27. The number of aliphatic hydroxyl groups excluding tert-OH is 1. The molecule has 2 atom stereocenters. The summed E-state index contributed by atoms with van der Waals surface area (Å²) in [4.78, 5) is 13.2. The van der Waals surface area contributed by atoms with E-state index in [0.29, 0.717) is 5.95 Å². The molecule has 3 N–H and O–H groups in total. The first kappa shape index (κ1) is 16.6. The van der Waals surface area contributed by atoms with Gasteiger partial charge in [-0.15, -0.1) is 0 Å². The number of nitrogens with zero attached hydrogens (tertiary/aromatic N) is 3. The summed E-state index contributed by atoms with van der Waals surface area (Å²) in [5.41, 5.74) is 1.69. The molecule has 0 amide bonds. The van der Waals surface area contributed by atoms with E-state index in [1.165, 1.54) is 0 Å². The van der Waals surface area contributed by atoms with Crippen LogP contribution in [0.3, 0.4) is 0 Å². The predicted molar refractivity (Wildman–Crippen MR) is 92.9 cm³/mol. The summed E-state index contributed by atoms with van der Waals surface area (Å²) in [7, 11) is 0. The van der Waals surface area contributed by atoms with E-state index in [4.69, 9.17) is 4.74 Å². The normalized spacial score (nSPS) is 18.3. The van der Waals surface area contributed by atoms with Gasteiger partial charge in [-0.25, -0.2) is 4.98 Å². The van der Waals surface area contributed by atoms with E-state index < -0.39 is 0 Å². The SMILES string of the molecule is C[C@@H](CO)Nc1nc(NC[C@H]2CCCO2)cc(-c2cccnc2)n1. The average molecular weight is 329 g/mol. The monoisotopic (exact) mass is 329 g/mol. The number of hydrogen-bond acceptors (Lipinski definition) is 7. The number of aliphatic hydroxyl groups is 1. The summed E-state index contributed by atoms with van der Waals surface area (Å²) < 4.78 is 5.64. The third-order valence-electron chi connectivity index (χ3n) is 3.87. The second-order valence-corrected chi connectivity index (χ2v) is 5.95. The number of ether oxygens (including phenoxy) is 1. The molecule has 0 bridgehead atoms. The van der Waals surface area contributed by atoms with E-state index in [2.05, 4.69) is 25.6 Å². The molecule has 2 aromatic rings. The summed E-state index contributed by atoms with van der Waals surface area (Å²) in [6.07, 6.45) is 5.91. The Bertz CT molecular complexity index is 647. The highest BCUT2D eigenvalue weighted by atomic mass is 16.5. The number of nitrogens with one attached hydrogen (secondary N) is 2. The van der Waals surface area contributed by atoms with Gasteiger partial charge in [-0.2, -0.15) is 4.98 Å². The zero-order valence-electron chi connectivity index (χ0n) is 13.8. The van der Waals surface area contributed by atoms with Crippen LogP contribution in [0.5, 0.6) is 0 Å². The lowest BCUT2D eigenvalue weighted by atomic mass is 10.2. The second-order valence-electron chi connectivity index (χ2n) is 5.95. The Morgan fingerprint density at radius 1 is 1.42 bits per heavy atom. The van der Waals surface area contributed by atoms with Crippen LogP contribution < -0.4 is 10.6 Å². The van der Waals surface area contributed by atoms with Crippen molar-refractivity contribution in [2.75, 3.05) is 30.4 Å². The lowest BCUT2D eigenvalue weighted by molar-refractivity contribution is 0.120. The minimum Gasteiger partial charge on any atom is -0.394 e. The van der Waals surface area contributed by atoms with E-state index in [9.17, 15) is 5.11 Å². The Morgan fingerprint density at radius 3 is 3.04 bits per heavy atom. The minimum atomic E-state index is -0.125. The van der Waals surface area contributed by atoms with Crippen molar-refractivity contribution in [3.8, 4) is 11.3 Å². The molecule has 3 heterocycles. The molecule has 1 aliphatic heterocycles. The number of hydrogen-bond donors (Lipinski definition) is 3. The molecule has 0 unspecified atom stereocenters. The molecule has 0 aromatic carbocycles. The molecular weight excluding hydrogens is 306 g/mol. The minimum absolute atomic E-state index is 0.0131. The van der Waals surface area contributed by atoms with Crippen LogP contribution in [-0.2, 0) is 4.74 Å². The van der Waals surface area contributed by atoms with Crippen molar-refractivity contribution in [1.82, 2.24) is 15.0 Å². The summed E-state index contributed by atoms with van der Waals surface area (Å²) >= 11 is 0. The van der Waals surface area contributed by atoms with E-state index >= 15 is 0 Å². The zero-order chi connectivity index (χ0) is 16.8. The van der Waals surface area contributed by atoms with E-state index in [0.717, 1.165) is 43.1 Å². The first-order chi connectivity index (χ1) is 11.7. The van der Waals surface area contributed by atoms with Crippen LogP contribution in [0.15, 0.2) is 30.6 Å². The second kappa shape index (κ2) is 8.03. The Hall–Kier alpha value is -2.25. The molecular formula is C17H23N5O2. The van der Waals surface area contributed by atoms with Gasteiger partial charge in [0.2, 0.25) is 5.95 Å². The maximum atomic E-state index is 9.24. The maximum Gasteiger partial charge on any atom is 0.225 e. The summed E-state index contributed by atoms with van der Waals surface area (Å²) in [6.45, 7) is 3.44. The fraction of sp³-hybridized carbons (Fsp3) is 0.471. The van der Waals surface area contributed by atoms with Gasteiger partial charge >= 0.3 is 0 Å². The van der Waals surface area contributed by atoms with Gasteiger partial charge in [-0.1, -0.05) is 0 Å². The molecule has 0 saturated carbocycles. The largest absolute Gasteiger partial charge is 0.394 e. The van der Waals surface area contributed by atoms with Crippen LogP contribution in [0.25, 0.3) is 11.3 Å². The number of anilines is 2. The molecule has 7 nitrogen and oxygen atoms in total. The molecule has 7 heteroatoms. The standard InChI is InChI=1S/C17H23N5O2/c1-12(11-23)20-17-21-15(13-4-2-6-18-9-13)8-16(22-17)19-10-14-5-3-7-24-14/h2,4,6,8-9,12,14,23H,3,5,7,10-11H2,1H3,(H2,19,20,21,22)/t12-,14+/m0/s1. The Labute approximate surface area is 141 Å². The highest BCUT2D eigenvalue weighted by Gasteiger charge is 2.16. The van der Waals surface area contributed by atoms with Crippen LogP contribution >= 0.6 is 0 Å². The Morgan fingerprint density at radius 2 is 2.33 bits per heavy atom. The fourth-order valence-corrected chi connectivity index (χ4v) is 2.55. The van der Waals surface area contributed by atoms with Crippen molar-refractivity contribution in [2.24, 2.45) is 0 Å². The average Bonchev–Trinajstić information content (AvgIpc) is 3.14. The van der Waals surface area contributed by atoms with Crippen LogP contribution in [0, 0.1) is 0 Å². The van der Waals surface area contributed by atoms with Gasteiger partial charge in [0.05, 0.1) is 18.4 Å². The van der Waals surface area contributed by atoms with Crippen molar-refractivity contribution < 1.29 is 9.84 Å². The van der Waals surface area contributed by atoms with Gasteiger partial charge in [0.15, 0.2) is 0 Å². The van der Waals surface area contributed by atoms with Gasteiger partial charge in [0.1, 0.15) is 5.82 Å². The highest BCUT2D eigenvalue weighted by Crippen LogP contribution is 2.21. The molecule has 128 valence electrons. The Kier molecular flexibility index (Phi) is 5.55. The van der Waals surface area contributed by atoms with Gasteiger partial charge < -0.3 is 20.5 Å². The quantitative estimate of drug-likeness (QED) is 0.714. The maximum absolute atomic E-state index is 9.24. The lowest BCUT2D eigenvalue weighted by Crippen LogP contribution is -2.22. The van der Waals surface area contributed by atoms with Gasteiger partial charge in [0, 0.05) is 43.2 Å². The Balaban J connectivity index is 1.81. The van der Waals surface area contributed by atoms with E-state index in [-0.39, 0.29) is 18.8 Å². The molecule has 1 saturated heterocycles. The number of rotatable bonds is 7. The summed E-state index contributed by atoms with van der Waals surface area (Å²) in [6, 6.07) is 5.61. The van der Waals surface area contributed by atoms with Crippen molar-refractivity contribution in [3.05, 3.63) is 30.6 Å². The summed E-state index contributed by atoms with van der Waals surface area (Å²) in [5, 5.41) is 15.7. The fourth-order valence-electron chi connectivity index (χ4n) is 2.55. The van der Waals surface area contributed by atoms with Gasteiger partial charge in [-0.3, -0.25) is 4.98 Å². The highest BCUT2D eigenvalue weighted by molar-refractivity contribution is 5.63. The van der Waals surface area contributed by atoms with E-state index in [1.807, 2.05) is 25.1 Å². The van der Waals surface area contributed by atoms with Crippen LogP contribution in [-0.4, -0.2) is 52.0 Å². The molecule has 24 heavy (non-hydrogen) atoms. The molecule has 0 radical (unpaired) electrons. The topological polar surface area (TPSA) is 92.2 Å². The zero-order valence-corrected chi connectivity index (χ0v) is 13.8. The predicted octanol–water partition coefficient (Wildman–Crippen LogP) is 1.92. The van der Waals surface area contributed by atoms with Crippen LogP contribution in [0.2, 0.25) is 0 Å². The molecule has 0 spiro atoms. The first-order valence-electron chi connectivity index (χ1n) is 8.27.